The van der Waals surface area contributed by atoms with Crippen LogP contribution in [0.3, 0.4) is 0 Å². The summed E-state index contributed by atoms with van der Waals surface area (Å²) in [7, 11) is 2.17. The predicted octanol–water partition coefficient (Wildman–Crippen LogP) is 2.38. The minimum absolute atomic E-state index is 0. The number of pyridine rings is 1. The Hall–Kier alpha value is -0.266. The van der Waals surface area contributed by atoms with E-state index in [4.69, 9.17) is 0 Å². The van der Waals surface area contributed by atoms with Crippen LogP contribution in [-0.2, 0) is 32.7 Å². The molecule has 2 rings (SSSR count). The summed E-state index contributed by atoms with van der Waals surface area (Å²) in [6.45, 7) is 13.0. The molecule has 1 aromatic heterocycles. The fourth-order valence-corrected chi connectivity index (χ4v) is 2.41. The summed E-state index contributed by atoms with van der Waals surface area (Å²) in [5.41, 5.74) is 1.83. The number of hydrogen-bond acceptors (Lipinski definition) is 3. The van der Waals surface area contributed by atoms with Gasteiger partial charge in [0.15, 0.2) is 0 Å². The van der Waals surface area contributed by atoms with E-state index < -0.39 is 0 Å². The van der Waals surface area contributed by atoms with Crippen molar-refractivity contribution >= 4 is 0 Å². The first-order valence-electron chi connectivity index (χ1n) is 7.73. The molecule has 0 bridgehead atoms. The van der Waals surface area contributed by atoms with Gasteiger partial charge in [-0.25, -0.2) is 0 Å². The van der Waals surface area contributed by atoms with Gasteiger partial charge in [-0.05, 0) is 32.5 Å². The van der Waals surface area contributed by atoms with E-state index in [1.165, 1.54) is 0 Å². The molecule has 1 fully saturated rings. The van der Waals surface area contributed by atoms with Gasteiger partial charge in [-0.2, -0.15) is 6.07 Å². The van der Waals surface area contributed by atoms with E-state index >= 15 is 0 Å². The summed E-state index contributed by atoms with van der Waals surface area (Å²) in [5.74, 6) is 7.05. The smallest absolute Gasteiger partial charge is 0.0762 e. The Morgan fingerprint density at radius 1 is 1.23 bits per heavy atom. The van der Waals surface area contributed by atoms with Gasteiger partial charge in [-0.1, -0.05) is 26.0 Å². The van der Waals surface area contributed by atoms with Crippen molar-refractivity contribution in [3.05, 3.63) is 29.6 Å². The molecule has 0 N–H and O–H groups in total. The Morgan fingerprint density at radius 3 is 2.36 bits per heavy atom. The van der Waals surface area contributed by atoms with Crippen LogP contribution in [0.2, 0.25) is 0 Å². The fourth-order valence-electron chi connectivity index (χ4n) is 2.41. The molecule has 1 aromatic rings. The van der Waals surface area contributed by atoms with Gasteiger partial charge in [0.2, 0.25) is 0 Å². The molecule has 117 valence electrons. The topological polar surface area (TPSA) is 19.4 Å². The van der Waals surface area contributed by atoms with Gasteiger partial charge in [-0.15, -0.1) is 17.6 Å². The Morgan fingerprint density at radius 2 is 1.86 bits per heavy atom. The third-order valence-electron chi connectivity index (χ3n) is 4.13. The van der Waals surface area contributed by atoms with Crippen molar-refractivity contribution in [2.75, 3.05) is 33.2 Å². The van der Waals surface area contributed by atoms with Crippen LogP contribution in [0.25, 0.3) is 0 Å². The molecular formula is C18H26N3Y-. The van der Waals surface area contributed by atoms with E-state index in [1.807, 2.05) is 12.3 Å². The molecule has 3 nitrogen and oxygen atoms in total. The molecule has 22 heavy (non-hydrogen) atoms. The number of likely N-dealkylation sites (N-methyl/N-ethyl adjacent to an activating group) is 1. The third kappa shape index (κ3) is 5.42. The van der Waals surface area contributed by atoms with E-state index in [9.17, 15) is 0 Å². The van der Waals surface area contributed by atoms with Gasteiger partial charge in [0.1, 0.15) is 0 Å². The second-order valence-corrected chi connectivity index (χ2v) is 6.64. The van der Waals surface area contributed by atoms with Crippen LogP contribution in [0.15, 0.2) is 12.3 Å². The van der Waals surface area contributed by atoms with E-state index in [0.717, 1.165) is 37.4 Å². The van der Waals surface area contributed by atoms with Gasteiger partial charge in [0.25, 0.3) is 0 Å². The van der Waals surface area contributed by atoms with Gasteiger partial charge < -0.3 is 9.88 Å². The standard InChI is InChI=1S/C18H26N3.Y/c1-15(2)16-6-7-17(19-14-16)8-9-18(3,4)21-12-10-20(5)11-13-21;/h7,14-15H,10-13H2,1-5H3;/q-1;. The average molecular weight is 373 g/mol. The number of aromatic nitrogens is 1. The van der Waals surface area contributed by atoms with Crippen LogP contribution in [0.1, 0.15) is 44.9 Å². The van der Waals surface area contributed by atoms with E-state index in [2.05, 4.69) is 67.4 Å². The molecule has 0 aliphatic carbocycles. The second-order valence-electron chi connectivity index (χ2n) is 6.64. The molecule has 1 saturated heterocycles. The van der Waals surface area contributed by atoms with Gasteiger partial charge >= 0.3 is 0 Å². The normalized spacial score (nSPS) is 16.8. The minimum Gasteiger partial charge on any atom is -0.375 e. The van der Waals surface area contributed by atoms with Crippen LogP contribution in [0, 0.1) is 17.9 Å². The maximum Gasteiger partial charge on any atom is 0.0762 e. The van der Waals surface area contributed by atoms with Crippen LogP contribution in [0.4, 0.5) is 0 Å². The van der Waals surface area contributed by atoms with Crippen molar-refractivity contribution in [1.29, 1.82) is 0 Å². The first-order chi connectivity index (χ1) is 9.88. The summed E-state index contributed by atoms with van der Waals surface area (Å²) in [6.07, 6.45) is 1.89. The fraction of sp³-hybridized carbons (Fsp3) is 0.611. The van der Waals surface area contributed by atoms with Crippen LogP contribution < -0.4 is 0 Å². The molecule has 1 radical (unpaired) electrons. The largest absolute Gasteiger partial charge is 0.375 e. The summed E-state index contributed by atoms with van der Waals surface area (Å²) < 4.78 is 0. The monoisotopic (exact) mass is 373 g/mol. The number of piperazine rings is 1. The van der Waals surface area contributed by atoms with Crippen molar-refractivity contribution < 1.29 is 32.7 Å². The second kappa shape index (κ2) is 8.55. The molecule has 2 heterocycles. The Bertz CT molecular complexity index is 518. The first kappa shape index (κ1) is 19.8. The van der Waals surface area contributed by atoms with Gasteiger partial charge in [0.05, 0.1) is 5.54 Å². The molecule has 0 saturated carbocycles. The molecule has 0 amide bonds. The Kier molecular flexibility index (Phi) is 7.69. The van der Waals surface area contributed by atoms with Crippen LogP contribution in [-0.4, -0.2) is 53.5 Å². The molecule has 0 aromatic carbocycles. The first-order valence-corrected chi connectivity index (χ1v) is 7.73. The Balaban J connectivity index is 0.00000242. The van der Waals surface area contributed by atoms with Crippen molar-refractivity contribution in [2.45, 2.75) is 39.2 Å². The van der Waals surface area contributed by atoms with Crippen molar-refractivity contribution in [1.82, 2.24) is 14.8 Å². The zero-order valence-corrected chi connectivity index (χ0v) is 17.3. The van der Waals surface area contributed by atoms with Crippen molar-refractivity contribution in [3.8, 4) is 11.8 Å². The van der Waals surface area contributed by atoms with Crippen molar-refractivity contribution in [3.63, 3.8) is 0 Å². The zero-order chi connectivity index (χ0) is 15.5. The summed E-state index contributed by atoms with van der Waals surface area (Å²) in [6, 6.07) is 5.18. The number of hydrogen-bond donors (Lipinski definition) is 0. The number of rotatable bonds is 2. The van der Waals surface area contributed by atoms with Crippen LogP contribution in [0.5, 0.6) is 0 Å². The Labute approximate surface area is 160 Å². The summed E-state index contributed by atoms with van der Waals surface area (Å²) in [4.78, 5) is 9.24. The average Bonchev–Trinajstić information content (AvgIpc) is 2.46. The molecule has 4 heteroatoms. The summed E-state index contributed by atoms with van der Waals surface area (Å²) >= 11 is 0. The zero-order valence-electron chi connectivity index (χ0n) is 14.5. The number of nitrogens with zero attached hydrogens (tertiary/aromatic N) is 3. The quantitative estimate of drug-likeness (QED) is 0.586. The van der Waals surface area contributed by atoms with Crippen molar-refractivity contribution in [2.24, 2.45) is 0 Å². The summed E-state index contributed by atoms with van der Waals surface area (Å²) in [5, 5.41) is 0. The van der Waals surface area contributed by atoms with E-state index in [-0.39, 0.29) is 38.2 Å². The molecule has 1 aliphatic heterocycles. The molecule has 1 aliphatic rings. The SMILES string of the molecule is CC(C)c1[c-]cc(C#CC(C)(C)N2CCN(C)CC2)nc1.[Y]. The molecule has 0 spiro atoms. The maximum atomic E-state index is 4.43. The molecule has 0 atom stereocenters. The van der Waals surface area contributed by atoms with E-state index in [0.29, 0.717) is 5.92 Å². The third-order valence-corrected chi connectivity index (χ3v) is 4.13. The maximum absolute atomic E-state index is 4.43. The van der Waals surface area contributed by atoms with Gasteiger partial charge in [0, 0.05) is 58.9 Å². The predicted molar refractivity (Wildman–Crippen MR) is 87.2 cm³/mol. The minimum atomic E-state index is -0.111. The van der Waals surface area contributed by atoms with Gasteiger partial charge in [-0.3, -0.25) is 4.90 Å². The molecular weight excluding hydrogens is 347 g/mol. The van der Waals surface area contributed by atoms with Crippen LogP contribution >= 0.6 is 0 Å². The van der Waals surface area contributed by atoms with E-state index in [1.54, 1.807) is 0 Å². The molecule has 0 unspecified atom stereocenters.